The maximum atomic E-state index is 14.0. The largest absolute Gasteiger partial charge is 0.252 e. The van der Waals surface area contributed by atoms with Crippen LogP contribution in [0.25, 0.3) is 22.8 Å². The molecule has 0 N–H and O–H groups in total. The summed E-state index contributed by atoms with van der Waals surface area (Å²) in [6, 6.07) is 1.72. The van der Waals surface area contributed by atoms with Gasteiger partial charge in [-0.05, 0) is 13.0 Å². The van der Waals surface area contributed by atoms with Crippen LogP contribution >= 0.6 is 0 Å². The molecule has 0 atom stereocenters. The van der Waals surface area contributed by atoms with E-state index in [2.05, 4.69) is 25.0 Å². The van der Waals surface area contributed by atoms with Gasteiger partial charge in [-0.25, -0.2) is 19.6 Å². The number of halogens is 1. The molecule has 0 saturated carbocycles. The fraction of sp³-hybridized carbons (Fsp3) is 0.154. The quantitative estimate of drug-likeness (QED) is 0.727. The number of hydrogen-bond donors (Lipinski definition) is 0. The van der Waals surface area contributed by atoms with Crippen molar-refractivity contribution < 1.29 is 4.39 Å². The van der Waals surface area contributed by atoms with Gasteiger partial charge in [-0.3, -0.25) is 4.98 Å². The number of aromatic nitrogens is 6. The van der Waals surface area contributed by atoms with Crippen LogP contribution in [0, 0.1) is 5.95 Å². The molecule has 3 heterocycles. The van der Waals surface area contributed by atoms with Crippen LogP contribution in [-0.2, 0) is 6.54 Å². The first-order valence-corrected chi connectivity index (χ1v) is 6.10. The lowest BCUT2D eigenvalue weighted by Crippen LogP contribution is -2.00. The molecule has 100 valence electrons. The highest BCUT2D eigenvalue weighted by molar-refractivity contribution is 5.58. The van der Waals surface area contributed by atoms with E-state index in [0.717, 1.165) is 0 Å². The van der Waals surface area contributed by atoms with Crippen LogP contribution in [0.4, 0.5) is 4.39 Å². The number of hydrogen-bond acceptors (Lipinski definition) is 5. The van der Waals surface area contributed by atoms with E-state index < -0.39 is 5.95 Å². The van der Waals surface area contributed by atoms with Gasteiger partial charge in [-0.1, -0.05) is 0 Å². The van der Waals surface area contributed by atoms with Crippen molar-refractivity contribution in [3.63, 3.8) is 0 Å². The number of nitrogens with zero attached hydrogens (tertiary/aromatic N) is 6. The Kier molecular flexibility index (Phi) is 3.16. The van der Waals surface area contributed by atoms with Crippen LogP contribution in [0.3, 0.4) is 0 Å². The van der Waals surface area contributed by atoms with E-state index in [1.165, 1.54) is 23.3 Å². The number of aryl methyl sites for hydroxylation is 1. The topological polar surface area (TPSA) is 69.4 Å². The lowest BCUT2D eigenvalue weighted by Gasteiger charge is -2.00. The Morgan fingerprint density at radius 2 is 1.70 bits per heavy atom. The smallest absolute Gasteiger partial charge is 0.220 e. The summed E-state index contributed by atoms with van der Waals surface area (Å²) in [6.07, 6.45) is 7.71. The number of rotatable bonds is 3. The van der Waals surface area contributed by atoms with Crippen molar-refractivity contribution in [2.75, 3.05) is 0 Å². The van der Waals surface area contributed by atoms with Crippen LogP contribution < -0.4 is 0 Å². The molecule has 20 heavy (non-hydrogen) atoms. The lowest BCUT2D eigenvalue weighted by atomic mass is 10.2. The third-order valence-corrected chi connectivity index (χ3v) is 2.80. The SMILES string of the molecule is CCn1ncc(-c2cnc(-c3ncccn3)cn2)c1F. The molecule has 0 aliphatic heterocycles. The summed E-state index contributed by atoms with van der Waals surface area (Å²) < 4.78 is 15.2. The summed E-state index contributed by atoms with van der Waals surface area (Å²) in [4.78, 5) is 16.6. The second-order valence-electron chi connectivity index (χ2n) is 4.02. The molecule has 0 amide bonds. The molecule has 0 radical (unpaired) electrons. The van der Waals surface area contributed by atoms with Crippen LogP contribution in [0.5, 0.6) is 0 Å². The Hall–Kier alpha value is -2.70. The van der Waals surface area contributed by atoms with Crippen molar-refractivity contribution >= 4 is 0 Å². The minimum atomic E-state index is -0.412. The highest BCUT2D eigenvalue weighted by atomic mass is 19.1. The van der Waals surface area contributed by atoms with Gasteiger partial charge in [-0.15, -0.1) is 0 Å². The van der Waals surface area contributed by atoms with E-state index in [4.69, 9.17) is 0 Å². The monoisotopic (exact) mass is 270 g/mol. The molecular weight excluding hydrogens is 259 g/mol. The molecule has 3 aromatic rings. The van der Waals surface area contributed by atoms with Gasteiger partial charge in [0.1, 0.15) is 5.69 Å². The van der Waals surface area contributed by atoms with Crippen LogP contribution in [0.15, 0.2) is 37.1 Å². The molecule has 7 heteroatoms. The van der Waals surface area contributed by atoms with E-state index in [1.807, 2.05) is 6.92 Å². The zero-order valence-electron chi connectivity index (χ0n) is 10.7. The first-order chi connectivity index (χ1) is 9.79. The van der Waals surface area contributed by atoms with Crippen LogP contribution in [0.1, 0.15) is 6.92 Å². The van der Waals surface area contributed by atoms with Crippen molar-refractivity contribution in [2.24, 2.45) is 0 Å². The molecule has 0 saturated heterocycles. The Bertz CT molecular complexity index is 707. The van der Waals surface area contributed by atoms with Gasteiger partial charge in [0.2, 0.25) is 5.95 Å². The maximum absolute atomic E-state index is 14.0. The standard InChI is InChI=1S/C13H11FN6/c1-2-20-12(14)9(6-19-20)10-7-18-11(8-17-10)13-15-4-3-5-16-13/h3-8H,2H2,1H3. The zero-order chi connectivity index (χ0) is 13.9. The van der Waals surface area contributed by atoms with E-state index in [9.17, 15) is 4.39 Å². The Morgan fingerprint density at radius 1 is 1.00 bits per heavy atom. The van der Waals surface area contributed by atoms with Gasteiger partial charge in [0.15, 0.2) is 5.82 Å². The van der Waals surface area contributed by atoms with Crippen LogP contribution in [-0.4, -0.2) is 29.7 Å². The summed E-state index contributed by atoms with van der Waals surface area (Å²) in [5.41, 5.74) is 1.31. The Labute approximate surface area is 114 Å². The maximum Gasteiger partial charge on any atom is 0.220 e. The van der Waals surface area contributed by atoms with Gasteiger partial charge >= 0.3 is 0 Å². The van der Waals surface area contributed by atoms with E-state index in [0.29, 0.717) is 29.3 Å². The second-order valence-corrected chi connectivity index (χ2v) is 4.02. The second kappa shape index (κ2) is 5.12. The van der Waals surface area contributed by atoms with Crippen molar-refractivity contribution in [1.82, 2.24) is 29.7 Å². The first-order valence-electron chi connectivity index (χ1n) is 6.10. The fourth-order valence-corrected chi connectivity index (χ4v) is 1.78. The van der Waals surface area contributed by atoms with E-state index >= 15 is 0 Å². The predicted octanol–water partition coefficient (Wildman–Crippen LogP) is 1.96. The third-order valence-electron chi connectivity index (χ3n) is 2.80. The van der Waals surface area contributed by atoms with Gasteiger partial charge in [0.05, 0.1) is 29.8 Å². The average molecular weight is 270 g/mol. The molecule has 0 bridgehead atoms. The van der Waals surface area contributed by atoms with Gasteiger partial charge in [-0.2, -0.15) is 9.49 Å². The van der Waals surface area contributed by atoms with Gasteiger partial charge in [0, 0.05) is 18.9 Å². The molecule has 0 fully saturated rings. The van der Waals surface area contributed by atoms with Gasteiger partial charge < -0.3 is 0 Å². The normalized spacial score (nSPS) is 10.7. The minimum Gasteiger partial charge on any atom is -0.252 e. The van der Waals surface area contributed by atoms with E-state index in [-0.39, 0.29) is 0 Å². The molecule has 0 aliphatic rings. The summed E-state index contributed by atoms with van der Waals surface area (Å²) in [5, 5.41) is 3.94. The predicted molar refractivity (Wildman–Crippen MR) is 69.9 cm³/mol. The molecule has 0 spiro atoms. The highest BCUT2D eigenvalue weighted by Gasteiger charge is 2.13. The summed E-state index contributed by atoms with van der Waals surface area (Å²) in [7, 11) is 0. The molecule has 0 unspecified atom stereocenters. The van der Waals surface area contributed by atoms with Crippen molar-refractivity contribution in [3.05, 3.63) is 43.0 Å². The highest BCUT2D eigenvalue weighted by Crippen LogP contribution is 2.20. The molecule has 0 aromatic carbocycles. The summed E-state index contributed by atoms with van der Waals surface area (Å²) in [6.45, 7) is 2.29. The zero-order valence-corrected chi connectivity index (χ0v) is 10.7. The van der Waals surface area contributed by atoms with Gasteiger partial charge in [0.25, 0.3) is 0 Å². The summed E-state index contributed by atoms with van der Waals surface area (Å²) in [5.74, 6) is 0.0711. The average Bonchev–Trinajstić information content (AvgIpc) is 2.89. The molecular formula is C13H11FN6. The minimum absolute atomic E-state index is 0.333. The molecule has 3 aromatic heterocycles. The summed E-state index contributed by atoms with van der Waals surface area (Å²) >= 11 is 0. The Morgan fingerprint density at radius 3 is 2.30 bits per heavy atom. The van der Waals surface area contributed by atoms with Crippen molar-refractivity contribution in [1.29, 1.82) is 0 Å². The molecule has 3 rings (SSSR count). The van der Waals surface area contributed by atoms with Crippen molar-refractivity contribution in [2.45, 2.75) is 13.5 Å². The van der Waals surface area contributed by atoms with Crippen LogP contribution in [0.2, 0.25) is 0 Å². The molecule has 0 aliphatic carbocycles. The first kappa shape index (κ1) is 12.3. The lowest BCUT2D eigenvalue weighted by molar-refractivity contribution is 0.473. The van der Waals surface area contributed by atoms with E-state index in [1.54, 1.807) is 18.5 Å². The fourth-order valence-electron chi connectivity index (χ4n) is 1.78. The molecule has 6 nitrogen and oxygen atoms in total. The van der Waals surface area contributed by atoms with Crippen molar-refractivity contribution in [3.8, 4) is 22.8 Å². The Balaban J connectivity index is 1.95. The third kappa shape index (κ3) is 2.13.